The Kier molecular flexibility index (Phi) is 5.31. The molecule has 0 spiro atoms. The minimum atomic E-state index is -0.00376. The van der Waals surface area contributed by atoms with Crippen molar-refractivity contribution in [3.8, 4) is 0 Å². The van der Waals surface area contributed by atoms with Crippen molar-refractivity contribution in [2.75, 3.05) is 12.3 Å². The van der Waals surface area contributed by atoms with Crippen molar-refractivity contribution < 1.29 is 9.21 Å². The van der Waals surface area contributed by atoms with Crippen molar-refractivity contribution in [1.29, 1.82) is 0 Å². The van der Waals surface area contributed by atoms with E-state index in [2.05, 4.69) is 24.1 Å². The van der Waals surface area contributed by atoms with Gasteiger partial charge in [0.15, 0.2) is 5.58 Å². The predicted octanol–water partition coefficient (Wildman–Crippen LogP) is 3.74. The van der Waals surface area contributed by atoms with Crippen LogP contribution in [-0.4, -0.2) is 23.2 Å². The van der Waals surface area contributed by atoms with Gasteiger partial charge in [0.2, 0.25) is 5.91 Å². The number of halogens is 1. The summed E-state index contributed by atoms with van der Waals surface area (Å²) in [6.07, 6.45) is 0.984. The maximum absolute atomic E-state index is 11.6. The van der Waals surface area contributed by atoms with Crippen molar-refractivity contribution in [1.82, 2.24) is 10.3 Å². The highest BCUT2D eigenvalue weighted by atomic mass is 35.5. The summed E-state index contributed by atoms with van der Waals surface area (Å²) in [6.45, 7) is 4.97. The fourth-order valence-corrected chi connectivity index (χ4v) is 2.45. The monoisotopic (exact) mass is 312 g/mol. The van der Waals surface area contributed by atoms with Gasteiger partial charge in [-0.1, -0.05) is 37.2 Å². The minimum Gasteiger partial charge on any atom is -0.431 e. The first-order valence-electron chi connectivity index (χ1n) is 6.50. The molecule has 0 saturated heterocycles. The van der Waals surface area contributed by atoms with Gasteiger partial charge in [-0.2, -0.15) is 0 Å². The van der Waals surface area contributed by atoms with Gasteiger partial charge in [-0.05, 0) is 30.5 Å². The highest BCUT2D eigenvalue weighted by Gasteiger charge is 2.09. The fraction of sp³-hybridized carbons (Fsp3) is 0.429. The summed E-state index contributed by atoms with van der Waals surface area (Å²) in [5.41, 5.74) is 1.39. The van der Waals surface area contributed by atoms with Crippen LogP contribution in [-0.2, 0) is 4.79 Å². The van der Waals surface area contributed by atoms with E-state index >= 15 is 0 Å². The Morgan fingerprint density at radius 1 is 1.50 bits per heavy atom. The highest BCUT2D eigenvalue weighted by Crippen LogP contribution is 2.25. The lowest BCUT2D eigenvalue weighted by Gasteiger charge is -2.05. The summed E-state index contributed by atoms with van der Waals surface area (Å²) < 4.78 is 5.53. The van der Waals surface area contributed by atoms with Crippen LogP contribution < -0.4 is 5.32 Å². The molecule has 1 heterocycles. The number of rotatable bonds is 6. The Hall–Kier alpha value is -1.20. The van der Waals surface area contributed by atoms with Gasteiger partial charge < -0.3 is 9.73 Å². The van der Waals surface area contributed by atoms with E-state index in [4.69, 9.17) is 16.0 Å². The predicted molar refractivity (Wildman–Crippen MR) is 82.2 cm³/mol. The van der Waals surface area contributed by atoms with Gasteiger partial charge in [0.05, 0.1) is 5.75 Å². The number of carbonyl (C=O) groups excluding carboxylic acids is 1. The Morgan fingerprint density at radius 3 is 3.05 bits per heavy atom. The Balaban J connectivity index is 1.84. The van der Waals surface area contributed by atoms with E-state index in [9.17, 15) is 4.79 Å². The summed E-state index contributed by atoms with van der Waals surface area (Å²) in [7, 11) is 0. The second-order valence-corrected chi connectivity index (χ2v) is 6.28. The van der Waals surface area contributed by atoms with Crippen molar-refractivity contribution in [2.24, 2.45) is 5.92 Å². The third-order valence-corrected chi connectivity index (χ3v) is 3.76. The summed E-state index contributed by atoms with van der Waals surface area (Å²) in [5, 5.41) is 3.98. The lowest BCUT2D eigenvalue weighted by Crippen LogP contribution is -2.26. The Morgan fingerprint density at radius 2 is 2.30 bits per heavy atom. The summed E-state index contributed by atoms with van der Waals surface area (Å²) in [6, 6.07) is 5.27. The van der Waals surface area contributed by atoms with E-state index in [1.54, 1.807) is 18.2 Å². The van der Waals surface area contributed by atoms with Gasteiger partial charge in [-0.25, -0.2) is 4.98 Å². The molecule has 108 valence electrons. The molecule has 0 fully saturated rings. The number of amides is 1. The largest absolute Gasteiger partial charge is 0.431 e. The molecule has 20 heavy (non-hydrogen) atoms. The second-order valence-electron chi connectivity index (χ2n) is 4.91. The van der Waals surface area contributed by atoms with E-state index in [1.165, 1.54) is 11.8 Å². The SMILES string of the molecule is CC(C)CCNC(=O)CSc1nc2cc(Cl)ccc2o1. The quantitative estimate of drug-likeness (QED) is 0.826. The number of hydrogen-bond acceptors (Lipinski definition) is 4. The summed E-state index contributed by atoms with van der Waals surface area (Å²) in [5.74, 6) is 0.888. The van der Waals surface area contributed by atoms with Crippen molar-refractivity contribution >= 4 is 40.4 Å². The number of fused-ring (bicyclic) bond motifs is 1. The van der Waals surface area contributed by atoms with Crippen LogP contribution in [0.4, 0.5) is 0 Å². The highest BCUT2D eigenvalue weighted by molar-refractivity contribution is 7.99. The maximum Gasteiger partial charge on any atom is 0.257 e. The normalized spacial score (nSPS) is 11.2. The first-order chi connectivity index (χ1) is 9.54. The third-order valence-electron chi connectivity index (χ3n) is 2.70. The van der Waals surface area contributed by atoms with Gasteiger partial charge in [0, 0.05) is 11.6 Å². The number of nitrogens with one attached hydrogen (secondary N) is 1. The van der Waals surface area contributed by atoms with E-state index in [1.807, 2.05) is 0 Å². The van der Waals surface area contributed by atoms with Gasteiger partial charge >= 0.3 is 0 Å². The first-order valence-corrected chi connectivity index (χ1v) is 7.86. The van der Waals surface area contributed by atoms with E-state index in [0.29, 0.717) is 39.6 Å². The van der Waals surface area contributed by atoms with Crippen LogP contribution in [0.15, 0.2) is 27.8 Å². The molecule has 0 aliphatic carbocycles. The van der Waals surface area contributed by atoms with Gasteiger partial charge in [-0.3, -0.25) is 4.79 Å². The van der Waals surface area contributed by atoms with Crippen LogP contribution in [0.3, 0.4) is 0 Å². The van der Waals surface area contributed by atoms with Crippen molar-refractivity contribution in [3.05, 3.63) is 23.2 Å². The molecule has 1 aromatic heterocycles. The fourth-order valence-electron chi connectivity index (χ4n) is 1.62. The molecule has 6 heteroatoms. The number of aromatic nitrogens is 1. The number of benzene rings is 1. The molecular weight excluding hydrogens is 296 g/mol. The minimum absolute atomic E-state index is 0.00376. The van der Waals surface area contributed by atoms with Crippen LogP contribution in [0.2, 0.25) is 5.02 Å². The molecule has 1 aromatic carbocycles. The van der Waals surface area contributed by atoms with Crippen molar-refractivity contribution in [3.63, 3.8) is 0 Å². The molecule has 1 amide bonds. The molecule has 1 N–H and O–H groups in total. The molecule has 0 atom stereocenters. The molecule has 4 nitrogen and oxygen atoms in total. The first kappa shape index (κ1) is 15.2. The molecule has 0 aliphatic rings. The van der Waals surface area contributed by atoms with Crippen LogP contribution in [0.25, 0.3) is 11.1 Å². The topological polar surface area (TPSA) is 55.1 Å². The molecule has 0 saturated carbocycles. The zero-order valence-corrected chi connectivity index (χ0v) is 13.1. The zero-order chi connectivity index (χ0) is 14.5. The molecule has 0 bridgehead atoms. The number of oxazole rings is 1. The van der Waals surface area contributed by atoms with Crippen LogP contribution in [0.5, 0.6) is 0 Å². The smallest absolute Gasteiger partial charge is 0.257 e. The number of thioether (sulfide) groups is 1. The van der Waals surface area contributed by atoms with Crippen LogP contribution in [0, 0.1) is 5.92 Å². The number of nitrogens with zero attached hydrogens (tertiary/aromatic N) is 1. The molecule has 2 aromatic rings. The molecule has 0 unspecified atom stereocenters. The van der Waals surface area contributed by atoms with Crippen LogP contribution in [0.1, 0.15) is 20.3 Å². The lowest BCUT2D eigenvalue weighted by atomic mass is 10.1. The second kappa shape index (κ2) is 6.99. The number of hydrogen-bond donors (Lipinski definition) is 1. The summed E-state index contributed by atoms with van der Waals surface area (Å²) in [4.78, 5) is 15.9. The standard InChI is InChI=1S/C14H17ClN2O2S/c1-9(2)5-6-16-13(18)8-20-14-17-11-7-10(15)3-4-12(11)19-14/h3-4,7,9H,5-6,8H2,1-2H3,(H,16,18). The van der Waals surface area contributed by atoms with Crippen LogP contribution >= 0.6 is 23.4 Å². The third kappa shape index (κ3) is 4.42. The van der Waals surface area contributed by atoms with E-state index in [0.717, 1.165) is 6.42 Å². The molecular formula is C14H17ClN2O2S. The maximum atomic E-state index is 11.6. The van der Waals surface area contributed by atoms with E-state index < -0.39 is 0 Å². The molecule has 0 aliphatic heterocycles. The van der Waals surface area contributed by atoms with Gasteiger partial charge in [0.1, 0.15) is 5.52 Å². The van der Waals surface area contributed by atoms with Gasteiger partial charge in [0.25, 0.3) is 5.22 Å². The average Bonchev–Trinajstić information content (AvgIpc) is 2.77. The van der Waals surface area contributed by atoms with E-state index in [-0.39, 0.29) is 5.91 Å². The van der Waals surface area contributed by atoms with Gasteiger partial charge in [-0.15, -0.1) is 0 Å². The zero-order valence-electron chi connectivity index (χ0n) is 11.5. The molecule has 0 radical (unpaired) electrons. The van der Waals surface area contributed by atoms with Crippen molar-refractivity contribution in [2.45, 2.75) is 25.5 Å². The Labute approximate surface area is 127 Å². The summed E-state index contributed by atoms with van der Waals surface area (Å²) >= 11 is 7.17. The average molecular weight is 313 g/mol. The number of carbonyl (C=O) groups is 1. The lowest BCUT2D eigenvalue weighted by molar-refractivity contribution is -0.118. The molecule has 2 rings (SSSR count). The Bertz CT molecular complexity index is 598.